The predicted molar refractivity (Wildman–Crippen MR) is 68.2 cm³/mol. The van der Waals surface area contributed by atoms with Gasteiger partial charge in [-0.25, -0.2) is 0 Å². The highest BCUT2D eigenvalue weighted by Crippen LogP contribution is 2.31. The van der Waals surface area contributed by atoms with Crippen LogP contribution in [0.3, 0.4) is 0 Å². The summed E-state index contributed by atoms with van der Waals surface area (Å²) >= 11 is 8.18. The third-order valence-corrected chi connectivity index (χ3v) is 4.08. The van der Waals surface area contributed by atoms with Crippen LogP contribution >= 0.6 is 35.1 Å². The minimum absolute atomic E-state index is 0.0370. The molecule has 4 nitrogen and oxygen atoms in total. The van der Waals surface area contributed by atoms with Crippen LogP contribution in [0.1, 0.15) is 0 Å². The molecule has 0 unspecified atom stereocenters. The molecule has 92 valence electrons. The van der Waals surface area contributed by atoms with E-state index in [-0.39, 0.29) is 11.5 Å². The van der Waals surface area contributed by atoms with Crippen molar-refractivity contribution in [3.05, 3.63) is 23.2 Å². The van der Waals surface area contributed by atoms with E-state index >= 15 is 0 Å². The topological polar surface area (TPSA) is 74.6 Å². The molecule has 0 amide bonds. The van der Waals surface area contributed by atoms with Crippen LogP contribution in [-0.4, -0.2) is 33.7 Å². The number of thioether (sulfide) groups is 2. The number of carbonyl (C=O) groups is 2. The number of rotatable bonds is 6. The Hall–Kier alpha value is -0.850. The number of hydrogen-bond acceptors (Lipinski definition) is 4. The molecule has 0 atom stereocenters. The van der Waals surface area contributed by atoms with Crippen molar-refractivity contribution in [2.75, 3.05) is 11.5 Å². The molecule has 0 radical (unpaired) electrons. The largest absolute Gasteiger partial charge is 0.481 e. The SMILES string of the molecule is O=C(O)CSc1ccc(Cl)c(SCC(=O)O)c1. The van der Waals surface area contributed by atoms with Gasteiger partial charge < -0.3 is 10.2 Å². The number of aliphatic carboxylic acids is 2. The second-order valence-electron chi connectivity index (χ2n) is 2.96. The fourth-order valence-electron chi connectivity index (χ4n) is 0.969. The summed E-state index contributed by atoms with van der Waals surface area (Å²) in [7, 11) is 0. The Labute approximate surface area is 111 Å². The molecule has 0 heterocycles. The molecule has 2 N–H and O–H groups in total. The van der Waals surface area contributed by atoms with Gasteiger partial charge in [0.2, 0.25) is 0 Å². The highest BCUT2D eigenvalue weighted by Gasteiger charge is 2.07. The molecule has 1 aromatic rings. The van der Waals surface area contributed by atoms with Gasteiger partial charge in [-0.15, -0.1) is 23.5 Å². The molecule has 0 saturated carbocycles. The first-order valence-electron chi connectivity index (χ1n) is 4.48. The van der Waals surface area contributed by atoms with Gasteiger partial charge in [-0.05, 0) is 18.2 Å². The maximum Gasteiger partial charge on any atom is 0.313 e. The second kappa shape index (κ2) is 6.78. The Kier molecular flexibility index (Phi) is 5.67. The summed E-state index contributed by atoms with van der Waals surface area (Å²) in [6.07, 6.45) is 0. The number of hydrogen-bond donors (Lipinski definition) is 2. The van der Waals surface area contributed by atoms with Gasteiger partial charge in [0.15, 0.2) is 0 Å². The average Bonchev–Trinajstić information content (AvgIpc) is 2.26. The maximum atomic E-state index is 10.4. The summed E-state index contributed by atoms with van der Waals surface area (Å²) in [6.45, 7) is 0. The number of carboxylic acids is 2. The Bertz CT molecular complexity index is 436. The van der Waals surface area contributed by atoms with Crippen molar-refractivity contribution in [1.29, 1.82) is 0 Å². The van der Waals surface area contributed by atoms with Crippen molar-refractivity contribution in [3.63, 3.8) is 0 Å². The minimum Gasteiger partial charge on any atom is -0.481 e. The van der Waals surface area contributed by atoms with Crippen molar-refractivity contribution >= 4 is 47.1 Å². The Morgan fingerprint density at radius 1 is 1.12 bits per heavy atom. The summed E-state index contributed by atoms with van der Waals surface area (Å²) in [5.74, 6) is -1.93. The van der Waals surface area contributed by atoms with Crippen LogP contribution in [0.4, 0.5) is 0 Å². The van der Waals surface area contributed by atoms with E-state index in [2.05, 4.69) is 0 Å². The first kappa shape index (κ1) is 14.2. The van der Waals surface area contributed by atoms with Gasteiger partial charge in [0.05, 0.1) is 16.5 Å². The van der Waals surface area contributed by atoms with Crippen molar-refractivity contribution in [1.82, 2.24) is 0 Å². The average molecular weight is 293 g/mol. The van der Waals surface area contributed by atoms with E-state index in [0.717, 1.165) is 16.7 Å². The zero-order valence-electron chi connectivity index (χ0n) is 8.55. The number of benzene rings is 1. The van der Waals surface area contributed by atoms with Crippen LogP contribution in [0, 0.1) is 0 Å². The molecule has 0 spiro atoms. The lowest BCUT2D eigenvalue weighted by atomic mass is 10.4. The molecule has 1 aromatic carbocycles. The summed E-state index contributed by atoms with van der Waals surface area (Å²) in [5, 5.41) is 17.6. The molecule has 1 rings (SSSR count). The predicted octanol–water partition coefficient (Wildman–Crippen LogP) is 2.69. The lowest BCUT2D eigenvalue weighted by molar-refractivity contribution is -0.134. The maximum absolute atomic E-state index is 10.4. The van der Waals surface area contributed by atoms with E-state index in [1.165, 1.54) is 11.8 Å². The fraction of sp³-hybridized carbons (Fsp3) is 0.200. The van der Waals surface area contributed by atoms with Crippen LogP contribution in [-0.2, 0) is 9.59 Å². The van der Waals surface area contributed by atoms with Gasteiger partial charge in [-0.3, -0.25) is 9.59 Å². The van der Waals surface area contributed by atoms with E-state index < -0.39 is 11.9 Å². The van der Waals surface area contributed by atoms with E-state index in [1.807, 2.05) is 0 Å². The molecule has 0 aliphatic rings. The minimum atomic E-state index is -0.922. The first-order valence-corrected chi connectivity index (χ1v) is 6.82. The molecule has 7 heteroatoms. The molecule has 0 aliphatic heterocycles. The van der Waals surface area contributed by atoms with Crippen LogP contribution in [0.5, 0.6) is 0 Å². The van der Waals surface area contributed by atoms with E-state index in [4.69, 9.17) is 21.8 Å². The third-order valence-electron chi connectivity index (χ3n) is 1.62. The molecule has 0 aliphatic carbocycles. The van der Waals surface area contributed by atoms with Crippen molar-refractivity contribution in [2.45, 2.75) is 9.79 Å². The van der Waals surface area contributed by atoms with Crippen molar-refractivity contribution < 1.29 is 19.8 Å². The van der Waals surface area contributed by atoms with E-state index in [0.29, 0.717) is 9.92 Å². The molecule has 0 aromatic heterocycles. The lowest BCUT2D eigenvalue weighted by Gasteiger charge is -2.05. The van der Waals surface area contributed by atoms with Crippen molar-refractivity contribution in [3.8, 4) is 0 Å². The number of carboxylic acid groups (broad SMARTS) is 2. The normalized spacial score (nSPS) is 10.2. The summed E-state index contributed by atoms with van der Waals surface area (Å²) < 4.78 is 0. The monoisotopic (exact) mass is 292 g/mol. The van der Waals surface area contributed by atoms with Crippen LogP contribution < -0.4 is 0 Å². The molecule has 0 saturated heterocycles. The molecule has 0 fully saturated rings. The van der Waals surface area contributed by atoms with Gasteiger partial charge in [0, 0.05) is 9.79 Å². The van der Waals surface area contributed by atoms with Crippen molar-refractivity contribution in [2.24, 2.45) is 0 Å². The van der Waals surface area contributed by atoms with Crippen LogP contribution in [0.2, 0.25) is 5.02 Å². The van der Waals surface area contributed by atoms with Gasteiger partial charge in [0.1, 0.15) is 0 Å². The van der Waals surface area contributed by atoms with Crippen LogP contribution in [0.15, 0.2) is 28.0 Å². The van der Waals surface area contributed by atoms with Crippen LogP contribution in [0.25, 0.3) is 0 Å². The molecular formula is C10H9ClO4S2. The second-order valence-corrected chi connectivity index (χ2v) is 5.43. The highest BCUT2D eigenvalue weighted by atomic mass is 35.5. The van der Waals surface area contributed by atoms with E-state index in [9.17, 15) is 9.59 Å². The zero-order chi connectivity index (χ0) is 12.8. The summed E-state index contributed by atoms with van der Waals surface area (Å²) in [6, 6.07) is 5.04. The van der Waals surface area contributed by atoms with Gasteiger partial charge in [0.25, 0.3) is 0 Å². The lowest BCUT2D eigenvalue weighted by Crippen LogP contribution is -1.98. The summed E-state index contributed by atoms with van der Waals surface area (Å²) in [4.78, 5) is 22.2. The zero-order valence-corrected chi connectivity index (χ0v) is 10.9. The Morgan fingerprint density at radius 2 is 1.71 bits per heavy atom. The van der Waals surface area contributed by atoms with E-state index in [1.54, 1.807) is 18.2 Å². The third kappa shape index (κ3) is 5.34. The van der Waals surface area contributed by atoms with Gasteiger partial charge in [-0.2, -0.15) is 0 Å². The fourth-order valence-corrected chi connectivity index (χ4v) is 2.68. The summed E-state index contributed by atoms with van der Waals surface area (Å²) in [5.41, 5.74) is 0. The highest BCUT2D eigenvalue weighted by molar-refractivity contribution is 8.00. The Morgan fingerprint density at radius 3 is 2.29 bits per heavy atom. The molecule has 17 heavy (non-hydrogen) atoms. The number of halogens is 1. The quantitative estimate of drug-likeness (QED) is 0.785. The molecular weight excluding hydrogens is 284 g/mol. The Balaban J connectivity index is 2.71. The molecule has 0 bridgehead atoms. The standard InChI is InChI=1S/C10H9ClO4S2/c11-7-2-1-6(16-4-9(12)13)3-8(7)17-5-10(14)15/h1-3H,4-5H2,(H,12,13)(H,14,15). The van der Waals surface area contributed by atoms with Gasteiger partial charge >= 0.3 is 11.9 Å². The first-order chi connectivity index (χ1) is 7.99. The smallest absolute Gasteiger partial charge is 0.313 e. The van der Waals surface area contributed by atoms with Gasteiger partial charge in [-0.1, -0.05) is 11.6 Å².